The van der Waals surface area contributed by atoms with E-state index in [-0.39, 0.29) is 12.3 Å². The van der Waals surface area contributed by atoms with Gasteiger partial charge in [-0.05, 0) is 42.0 Å². The van der Waals surface area contributed by atoms with Crippen LogP contribution in [0.4, 0.5) is 18.9 Å². The first kappa shape index (κ1) is 18.8. The van der Waals surface area contributed by atoms with E-state index >= 15 is 0 Å². The highest BCUT2D eigenvalue weighted by Gasteiger charge is 2.33. The molecule has 1 heterocycles. The van der Waals surface area contributed by atoms with Crippen LogP contribution in [-0.4, -0.2) is 12.5 Å². The molecule has 0 radical (unpaired) electrons. The van der Waals surface area contributed by atoms with Crippen molar-refractivity contribution in [2.24, 2.45) is 0 Å². The number of nitrogens with one attached hydrogen (secondary N) is 1. The molecule has 27 heavy (non-hydrogen) atoms. The van der Waals surface area contributed by atoms with Gasteiger partial charge in [0.1, 0.15) is 5.75 Å². The molecule has 3 rings (SSSR count). The van der Waals surface area contributed by atoms with Gasteiger partial charge in [-0.2, -0.15) is 13.2 Å². The lowest BCUT2D eigenvalue weighted by molar-refractivity contribution is -0.137. The number of alkyl halides is 3. The summed E-state index contributed by atoms with van der Waals surface area (Å²) < 4.78 is 49.0. The van der Waals surface area contributed by atoms with Crippen LogP contribution in [0.5, 0.6) is 5.75 Å². The van der Waals surface area contributed by atoms with Gasteiger partial charge in [0.15, 0.2) is 6.61 Å². The van der Waals surface area contributed by atoms with Crippen LogP contribution in [0.3, 0.4) is 0 Å². The summed E-state index contributed by atoms with van der Waals surface area (Å²) in [6.07, 6.45) is -1.50. The fourth-order valence-corrected chi connectivity index (χ4v) is 2.59. The van der Waals surface area contributed by atoms with Crippen LogP contribution in [-0.2, 0) is 11.0 Å². The molecule has 140 valence electrons. The van der Waals surface area contributed by atoms with E-state index in [0.29, 0.717) is 5.75 Å². The largest absolute Gasteiger partial charge is 0.484 e. The fraction of sp³-hybridized carbons (Fsp3) is 0.105. The highest BCUT2D eigenvalue weighted by atomic mass is 35.5. The first-order valence-corrected chi connectivity index (χ1v) is 8.13. The van der Waals surface area contributed by atoms with Gasteiger partial charge < -0.3 is 14.5 Å². The number of hydrogen-bond donors (Lipinski definition) is 1. The zero-order chi connectivity index (χ0) is 19.4. The Balaban J connectivity index is 1.63. The zero-order valence-corrected chi connectivity index (χ0v) is 14.5. The average molecular weight is 396 g/mol. The van der Waals surface area contributed by atoms with Gasteiger partial charge in [-0.1, -0.05) is 23.7 Å². The minimum atomic E-state index is -4.61. The van der Waals surface area contributed by atoms with E-state index in [1.807, 2.05) is 6.07 Å². The summed E-state index contributed by atoms with van der Waals surface area (Å²) in [5.74, 6) is -0.157. The lowest BCUT2D eigenvalue weighted by Gasteiger charge is -2.12. The molecule has 0 bridgehead atoms. The Morgan fingerprint density at radius 2 is 1.93 bits per heavy atom. The molecule has 2 aromatic carbocycles. The summed E-state index contributed by atoms with van der Waals surface area (Å²) >= 11 is 5.55. The van der Waals surface area contributed by atoms with Gasteiger partial charge in [-0.3, -0.25) is 4.79 Å². The molecular formula is C19H13ClF3NO3. The molecule has 0 saturated carbocycles. The average Bonchev–Trinajstić information content (AvgIpc) is 3.16. The van der Waals surface area contributed by atoms with Gasteiger partial charge in [0.05, 0.1) is 23.1 Å². The van der Waals surface area contributed by atoms with E-state index in [0.717, 1.165) is 23.3 Å². The number of anilines is 1. The summed E-state index contributed by atoms with van der Waals surface area (Å²) in [7, 11) is 0. The van der Waals surface area contributed by atoms with Crippen molar-refractivity contribution < 1.29 is 27.1 Å². The van der Waals surface area contributed by atoms with Gasteiger partial charge in [-0.15, -0.1) is 0 Å². The predicted octanol–water partition coefficient (Wildman–Crippen LogP) is 5.64. The number of carbonyl (C=O) groups is 1. The minimum absolute atomic E-state index is 0.0209. The number of benzene rings is 2. The summed E-state index contributed by atoms with van der Waals surface area (Å²) in [5, 5.41) is 1.92. The number of halogens is 4. The van der Waals surface area contributed by atoms with Crippen LogP contribution in [0, 0.1) is 0 Å². The summed E-state index contributed by atoms with van der Waals surface area (Å²) in [5.41, 5.74) is 0.656. The van der Waals surface area contributed by atoms with Gasteiger partial charge in [0.25, 0.3) is 5.91 Å². The molecule has 3 aromatic rings. The highest BCUT2D eigenvalue weighted by Crippen LogP contribution is 2.36. The van der Waals surface area contributed by atoms with Crippen molar-refractivity contribution in [2.45, 2.75) is 6.18 Å². The number of amides is 1. The van der Waals surface area contributed by atoms with E-state index in [1.165, 1.54) is 12.3 Å². The second-order valence-electron chi connectivity index (χ2n) is 5.57. The molecule has 0 fully saturated rings. The van der Waals surface area contributed by atoms with Gasteiger partial charge in [0, 0.05) is 11.3 Å². The highest BCUT2D eigenvalue weighted by molar-refractivity contribution is 6.31. The van der Waals surface area contributed by atoms with Gasteiger partial charge in [0.2, 0.25) is 0 Å². The van der Waals surface area contributed by atoms with Crippen molar-refractivity contribution in [1.29, 1.82) is 0 Å². The van der Waals surface area contributed by atoms with Crippen molar-refractivity contribution in [3.63, 3.8) is 0 Å². The minimum Gasteiger partial charge on any atom is -0.484 e. The summed E-state index contributed by atoms with van der Waals surface area (Å²) in [6, 6.07) is 11.9. The summed E-state index contributed by atoms with van der Waals surface area (Å²) in [4.78, 5) is 12.0. The number of carbonyl (C=O) groups excluding carboxylic acids is 1. The number of furan rings is 1. The standard InChI is InChI=1S/C19H13ClF3NO3/c20-17-5-4-14(9-16(17)19(21,22)23)24-18(25)11-27-15-3-1-2-12(8-15)13-6-7-26-10-13/h1-10H,11H2,(H,24,25). The maximum Gasteiger partial charge on any atom is 0.417 e. The van der Waals surface area contributed by atoms with Crippen LogP contribution < -0.4 is 10.1 Å². The predicted molar refractivity (Wildman–Crippen MR) is 94.7 cm³/mol. The zero-order valence-electron chi connectivity index (χ0n) is 13.7. The number of rotatable bonds is 5. The van der Waals surface area contributed by atoms with E-state index in [9.17, 15) is 18.0 Å². The van der Waals surface area contributed by atoms with Crippen molar-refractivity contribution in [1.82, 2.24) is 0 Å². The van der Waals surface area contributed by atoms with Crippen molar-refractivity contribution >= 4 is 23.2 Å². The molecule has 1 N–H and O–H groups in total. The number of hydrogen-bond acceptors (Lipinski definition) is 3. The molecule has 0 aliphatic carbocycles. The third-order valence-electron chi connectivity index (χ3n) is 3.61. The smallest absolute Gasteiger partial charge is 0.417 e. The quantitative estimate of drug-likeness (QED) is 0.608. The van der Waals surface area contributed by atoms with Crippen LogP contribution in [0.25, 0.3) is 11.1 Å². The molecule has 0 aliphatic rings. The Bertz CT molecular complexity index is 940. The van der Waals surface area contributed by atoms with Crippen LogP contribution in [0.2, 0.25) is 5.02 Å². The second-order valence-corrected chi connectivity index (χ2v) is 5.98. The molecule has 1 amide bonds. The lowest BCUT2D eigenvalue weighted by Crippen LogP contribution is -2.20. The Hall–Kier alpha value is -2.93. The van der Waals surface area contributed by atoms with Crippen molar-refractivity contribution in [3.8, 4) is 16.9 Å². The van der Waals surface area contributed by atoms with Crippen LogP contribution in [0.1, 0.15) is 5.56 Å². The Labute approximate surface area is 157 Å². The molecule has 0 aliphatic heterocycles. The van der Waals surface area contributed by atoms with Crippen LogP contribution in [0.15, 0.2) is 65.5 Å². The lowest BCUT2D eigenvalue weighted by atomic mass is 10.1. The third-order valence-corrected chi connectivity index (χ3v) is 3.94. The first-order chi connectivity index (χ1) is 12.8. The van der Waals surface area contributed by atoms with Gasteiger partial charge >= 0.3 is 6.18 Å². The second kappa shape index (κ2) is 7.75. The summed E-state index contributed by atoms with van der Waals surface area (Å²) in [6.45, 7) is -0.362. The van der Waals surface area contributed by atoms with Crippen LogP contribution >= 0.6 is 11.6 Å². The van der Waals surface area contributed by atoms with E-state index < -0.39 is 22.7 Å². The van der Waals surface area contributed by atoms with Crippen molar-refractivity contribution in [2.75, 3.05) is 11.9 Å². The Morgan fingerprint density at radius 1 is 1.11 bits per heavy atom. The molecule has 4 nitrogen and oxygen atoms in total. The molecule has 0 unspecified atom stereocenters. The SMILES string of the molecule is O=C(COc1cccc(-c2ccoc2)c1)Nc1ccc(Cl)c(C(F)(F)F)c1. The maximum absolute atomic E-state index is 12.9. The molecule has 8 heteroatoms. The monoisotopic (exact) mass is 395 g/mol. The van der Waals surface area contributed by atoms with E-state index in [4.69, 9.17) is 20.8 Å². The molecule has 0 atom stereocenters. The molecule has 0 saturated heterocycles. The third kappa shape index (κ3) is 4.83. The topological polar surface area (TPSA) is 51.5 Å². The van der Waals surface area contributed by atoms with E-state index in [1.54, 1.807) is 30.5 Å². The maximum atomic E-state index is 12.9. The number of ether oxygens (including phenoxy) is 1. The first-order valence-electron chi connectivity index (χ1n) is 7.75. The van der Waals surface area contributed by atoms with Crippen molar-refractivity contribution in [3.05, 3.63) is 71.6 Å². The molecule has 0 spiro atoms. The molecule has 1 aromatic heterocycles. The Morgan fingerprint density at radius 3 is 2.63 bits per heavy atom. The molecular weight excluding hydrogens is 383 g/mol. The Kier molecular flexibility index (Phi) is 5.41. The van der Waals surface area contributed by atoms with E-state index in [2.05, 4.69) is 5.32 Å². The normalized spacial score (nSPS) is 11.3. The fourth-order valence-electron chi connectivity index (χ4n) is 2.36. The van der Waals surface area contributed by atoms with Gasteiger partial charge in [-0.25, -0.2) is 0 Å².